The molecule has 0 N–H and O–H groups in total. The van der Waals surface area contributed by atoms with E-state index in [-0.39, 0.29) is 5.82 Å². The molecule has 0 bridgehead atoms. The van der Waals surface area contributed by atoms with Crippen LogP contribution in [0.3, 0.4) is 0 Å². The molecular formula is C12H16FI. The average Bonchev–Trinajstić information content (AvgIpc) is 2.08. The Balaban J connectivity index is 2.51. The Morgan fingerprint density at radius 2 is 2.07 bits per heavy atom. The summed E-state index contributed by atoms with van der Waals surface area (Å²) in [5.74, 6) is 0.655. The molecule has 0 unspecified atom stereocenters. The van der Waals surface area contributed by atoms with Crippen LogP contribution < -0.4 is 0 Å². The van der Waals surface area contributed by atoms with Crippen molar-refractivity contribution in [2.24, 2.45) is 5.92 Å². The average molecular weight is 306 g/mol. The molecule has 0 aromatic heterocycles. The summed E-state index contributed by atoms with van der Waals surface area (Å²) in [4.78, 5) is 0. The van der Waals surface area contributed by atoms with Gasteiger partial charge in [-0.2, -0.15) is 0 Å². The summed E-state index contributed by atoms with van der Waals surface area (Å²) in [5.41, 5.74) is 0.853. The van der Waals surface area contributed by atoms with Gasteiger partial charge in [-0.3, -0.25) is 0 Å². The monoisotopic (exact) mass is 306 g/mol. The van der Waals surface area contributed by atoms with Crippen molar-refractivity contribution in [3.05, 3.63) is 33.1 Å². The molecule has 0 saturated heterocycles. The van der Waals surface area contributed by atoms with Gasteiger partial charge < -0.3 is 0 Å². The van der Waals surface area contributed by atoms with Crippen LogP contribution in [0, 0.1) is 15.3 Å². The van der Waals surface area contributed by atoms with Crippen molar-refractivity contribution in [3.63, 3.8) is 0 Å². The molecule has 0 heterocycles. The van der Waals surface area contributed by atoms with Gasteiger partial charge in [0.05, 0.1) is 0 Å². The first kappa shape index (κ1) is 12.0. The van der Waals surface area contributed by atoms with E-state index in [9.17, 15) is 4.39 Å². The van der Waals surface area contributed by atoms with Crippen LogP contribution >= 0.6 is 22.6 Å². The number of halogens is 2. The van der Waals surface area contributed by atoms with Crippen LogP contribution in [0.15, 0.2) is 18.2 Å². The van der Waals surface area contributed by atoms with Crippen molar-refractivity contribution in [2.75, 3.05) is 0 Å². The highest BCUT2D eigenvalue weighted by Gasteiger charge is 2.02. The van der Waals surface area contributed by atoms with Crippen molar-refractivity contribution in [1.29, 1.82) is 0 Å². The molecule has 1 rings (SSSR count). The van der Waals surface area contributed by atoms with Crippen molar-refractivity contribution in [1.82, 2.24) is 0 Å². The highest BCUT2D eigenvalue weighted by Crippen LogP contribution is 2.15. The van der Waals surface area contributed by atoms with Crippen molar-refractivity contribution in [2.45, 2.75) is 33.1 Å². The van der Waals surface area contributed by atoms with E-state index in [1.807, 2.05) is 12.1 Å². The van der Waals surface area contributed by atoms with Gasteiger partial charge >= 0.3 is 0 Å². The van der Waals surface area contributed by atoms with Crippen LogP contribution in [-0.2, 0) is 6.42 Å². The Bertz CT molecular complexity index is 294. The van der Waals surface area contributed by atoms with Crippen LogP contribution in [0.4, 0.5) is 4.39 Å². The van der Waals surface area contributed by atoms with Crippen LogP contribution in [-0.4, -0.2) is 0 Å². The molecule has 0 aliphatic heterocycles. The number of aryl methyl sites for hydroxylation is 1. The van der Waals surface area contributed by atoms with Crippen LogP contribution in [0.25, 0.3) is 0 Å². The summed E-state index contributed by atoms with van der Waals surface area (Å²) in [6.45, 7) is 4.40. The Labute approximate surface area is 99.0 Å². The van der Waals surface area contributed by atoms with E-state index < -0.39 is 0 Å². The lowest BCUT2D eigenvalue weighted by Crippen LogP contribution is -1.94. The molecule has 0 fully saturated rings. The maximum absolute atomic E-state index is 13.4. The fourth-order valence-electron chi connectivity index (χ4n) is 1.43. The summed E-state index contributed by atoms with van der Waals surface area (Å²) in [5, 5.41) is 0. The van der Waals surface area contributed by atoms with Crippen LogP contribution in [0.1, 0.15) is 32.3 Å². The predicted molar refractivity (Wildman–Crippen MR) is 66.9 cm³/mol. The lowest BCUT2D eigenvalue weighted by atomic mass is 10.0. The zero-order valence-electron chi connectivity index (χ0n) is 8.69. The van der Waals surface area contributed by atoms with Gasteiger partial charge in [-0.1, -0.05) is 26.3 Å². The molecule has 0 saturated carbocycles. The smallest absolute Gasteiger partial charge is 0.127 e. The van der Waals surface area contributed by atoms with E-state index in [0.29, 0.717) is 5.92 Å². The fourth-order valence-corrected chi connectivity index (χ4v) is 1.88. The lowest BCUT2D eigenvalue weighted by Gasteiger charge is -2.05. The van der Waals surface area contributed by atoms with E-state index >= 15 is 0 Å². The van der Waals surface area contributed by atoms with Crippen LogP contribution in [0.5, 0.6) is 0 Å². The summed E-state index contributed by atoms with van der Waals surface area (Å²) >= 11 is 2.13. The summed E-state index contributed by atoms with van der Waals surface area (Å²) in [6.07, 6.45) is 3.11. The van der Waals surface area contributed by atoms with E-state index in [1.165, 1.54) is 6.42 Å². The van der Waals surface area contributed by atoms with Gasteiger partial charge in [0.1, 0.15) is 5.82 Å². The number of hydrogen-bond acceptors (Lipinski definition) is 0. The minimum atomic E-state index is -0.0549. The Hall–Kier alpha value is -0.120. The molecule has 0 atom stereocenters. The molecule has 1 aromatic rings. The van der Waals surface area contributed by atoms with Gasteiger partial charge in [0.25, 0.3) is 0 Å². The molecule has 0 amide bonds. The Morgan fingerprint density at radius 3 is 2.64 bits per heavy atom. The molecule has 0 aliphatic rings. The molecule has 0 nitrogen and oxygen atoms in total. The zero-order chi connectivity index (χ0) is 10.6. The van der Waals surface area contributed by atoms with Crippen molar-refractivity contribution >= 4 is 22.6 Å². The summed E-state index contributed by atoms with van der Waals surface area (Å²) in [7, 11) is 0. The molecule has 2 heteroatoms. The third-order valence-corrected chi connectivity index (χ3v) is 2.91. The topological polar surface area (TPSA) is 0 Å². The molecule has 1 aromatic carbocycles. The number of hydrogen-bond donors (Lipinski definition) is 0. The second kappa shape index (κ2) is 5.69. The Kier molecular flexibility index (Phi) is 4.85. The quantitative estimate of drug-likeness (QED) is 0.723. The van der Waals surface area contributed by atoms with Crippen LogP contribution in [0.2, 0.25) is 0 Å². The van der Waals surface area contributed by atoms with Gasteiger partial charge in [-0.15, -0.1) is 0 Å². The van der Waals surface area contributed by atoms with E-state index in [2.05, 4.69) is 36.4 Å². The third-order valence-electron chi connectivity index (χ3n) is 2.24. The highest BCUT2D eigenvalue weighted by atomic mass is 127. The summed E-state index contributed by atoms with van der Waals surface area (Å²) < 4.78 is 14.3. The zero-order valence-corrected chi connectivity index (χ0v) is 10.8. The molecule has 0 radical (unpaired) electrons. The molecular weight excluding hydrogens is 290 g/mol. The standard InChI is InChI=1S/C12H16FI/c1-9(2)4-3-5-10-6-7-11(14)8-12(10)13/h6-9H,3-5H2,1-2H3. The SMILES string of the molecule is CC(C)CCCc1ccc(I)cc1F. The van der Waals surface area contributed by atoms with Gasteiger partial charge in [0, 0.05) is 3.57 Å². The second-order valence-corrected chi connectivity index (χ2v) is 5.27. The normalized spacial score (nSPS) is 10.9. The molecule has 0 aliphatic carbocycles. The van der Waals surface area contributed by atoms with E-state index in [0.717, 1.165) is 22.0 Å². The summed E-state index contributed by atoms with van der Waals surface area (Å²) in [6, 6.07) is 5.47. The first-order valence-corrected chi connectivity index (χ1v) is 6.11. The first-order valence-electron chi connectivity index (χ1n) is 5.03. The van der Waals surface area contributed by atoms with E-state index in [1.54, 1.807) is 6.07 Å². The molecule has 0 spiro atoms. The van der Waals surface area contributed by atoms with Crippen molar-refractivity contribution < 1.29 is 4.39 Å². The number of rotatable bonds is 4. The van der Waals surface area contributed by atoms with Crippen molar-refractivity contribution in [3.8, 4) is 0 Å². The van der Waals surface area contributed by atoms with Gasteiger partial charge in [-0.25, -0.2) is 4.39 Å². The highest BCUT2D eigenvalue weighted by molar-refractivity contribution is 14.1. The maximum Gasteiger partial charge on any atom is 0.127 e. The number of benzene rings is 1. The van der Waals surface area contributed by atoms with Gasteiger partial charge in [0.2, 0.25) is 0 Å². The Morgan fingerprint density at radius 1 is 1.36 bits per heavy atom. The third kappa shape index (κ3) is 3.95. The predicted octanol–water partition coefficient (Wildman–Crippen LogP) is 4.41. The first-order chi connectivity index (χ1) is 6.59. The minimum absolute atomic E-state index is 0.0549. The largest absolute Gasteiger partial charge is 0.207 e. The second-order valence-electron chi connectivity index (χ2n) is 4.02. The maximum atomic E-state index is 13.4. The minimum Gasteiger partial charge on any atom is -0.207 e. The van der Waals surface area contributed by atoms with Gasteiger partial charge in [-0.05, 0) is 59.0 Å². The lowest BCUT2D eigenvalue weighted by molar-refractivity contribution is 0.542. The fraction of sp³-hybridized carbons (Fsp3) is 0.500. The van der Waals surface area contributed by atoms with E-state index in [4.69, 9.17) is 0 Å². The van der Waals surface area contributed by atoms with Gasteiger partial charge in [0.15, 0.2) is 0 Å². The molecule has 78 valence electrons. The molecule has 14 heavy (non-hydrogen) atoms.